The normalized spacial score (nSPS) is 8.08. The van der Waals surface area contributed by atoms with Gasteiger partial charge in [0.2, 0.25) is 0 Å². The van der Waals surface area contributed by atoms with Crippen molar-refractivity contribution in [3.63, 3.8) is 0 Å². The summed E-state index contributed by atoms with van der Waals surface area (Å²) in [5, 5.41) is 0.318. The molecule has 1 aromatic rings. The summed E-state index contributed by atoms with van der Waals surface area (Å²) < 4.78 is 0. The molecule has 0 saturated carbocycles. The highest BCUT2D eigenvalue weighted by Gasteiger charge is 2.02. The number of carbonyl (C=O) groups excluding carboxylic acids is 1. The fourth-order valence-corrected chi connectivity index (χ4v) is 0.971. The molecule has 74 valence electrons. The second kappa shape index (κ2) is 7.46. The van der Waals surface area contributed by atoms with Crippen LogP contribution in [0.3, 0.4) is 0 Å². The zero-order valence-corrected chi connectivity index (χ0v) is 11.6. The lowest BCUT2D eigenvalue weighted by Gasteiger charge is -1.95. The number of hydrogen-bond donors (Lipinski definition) is 1. The molecule has 3 nitrogen and oxygen atoms in total. The van der Waals surface area contributed by atoms with Gasteiger partial charge in [0.05, 0.1) is 5.33 Å². The van der Waals surface area contributed by atoms with Gasteiger partial charge in [0.25, 0.3) is 0 Å². The Hall–Kier alpha value is 0.0600. The Bertz CT molecular complexity index is 263. The molecule has 13 heavy (non-hydrogen) atoms. The molecule has 0 bridgehead atoms. The molecular formula is C7H9Br3N2O. The number of carbonyl (C=O) groups is 1. The molecule has 0 saturated heterocycles. The fourth-order valence-electron chi connectivity index (χ4n) is 0.647. The van der Waals surface area contributed by atoms with Gasteiger partial charge in [0.1, 0.15) is 5.82 Å². The Morgan fingerprint density at radius 1 is 1.46 bits per heavy atom. The molecule has 0 spiro atoms. The number of nitrogen functional groups attached to an aromatic ring is 1. The molecule has 6 heteroatoms. The monoisotopic (exact) mass is 374 g/mol. The number of anilines is 1. The second-order valence-electron chi connectivity index (χ2n) is 2.03. The van der Waals surface area contributed by atoms with E-state index in [1.165, 1.54) is 6.20 Å². The zero-order valence-electron chi connectivity index (χ0n) is 6.57. The summed E-state index contributed by atoms with van der Waals surface area (Å²) in [6, 6.07) is 3.27. The number of pyridine rings is 1. The van der Waals surface area contributed by atoms with Gasteiger partial charge in [0, 0.05) is 11.8 Å². The van der Waals surface area contributed by atoms with Gasteiger partial charge in [-0.1, -0.05) is 15.9 Å². The fraction of sp³-hybridized carbons (Fsp3) is 0.143. The lowest BCUT2D eigenvalue weighted by molar-refractivity contribution is 0.102. The lowest BCUT2D eigenvalue weighted by Crippen LogP contribution is -2.01. The van der Waals surface area contributed by atoms with Crippen LogP contribution in [-0.2, 0) is 0 Å². The molecule has 1 aromatic heterocycles. The third kappa shape index (κ3) is 4.73. The maximum atomic E-state index is 11.0. The highest BCUT2D eigenvalue weighted by Crippen LogP contribution is 2.03. The first-order valence-electron chi connectivity index (χ1n) is 3.04. The Morgan fingerprint density at radius 2 is 2.08 bits per heavy atom. The molecule has 0 fully saturated rings. The first kappa shape index (κ1) is 15.5. The Balaban J connectivity index is 0. The quantitative estimate of drug-likeness (QED) is 0.637. The zero-order chi connectivity index (χ0) is 8.27. The Kier molecular flexibility index (Phi) is 8.91. The van der Waals surface area contributed by atoms with E-state index in [0.29, 0.717) is 16.7 Å². The minimum absolute atomic E-state index is 0. The van der Waals surface area contributed by atoms with Crippen molar-refractivity contribution >= 4 is 61.5 Å². The average Bonchev–Trinajstić information content (AvgIpc) is 2.05. The molecule has 0 aliphatic heterocycles. The first-order chi connectivity index (χ1) is 5.24. The van der Waals surface area contributed by atoms with E-state index < -0.39 is 0 Å². The molecular weight excluding hydrogens is 368 g/mol. The van der Waals surface area contributed by atoms with Crippen LogP contribution in [-0.4, -0.2) is 16.1 Å². The van der Waals surface area contributed by atoms with Gasteiger partial charge in [-0.2, -0.15) is 0 Å². The van der Waals surface area contributed by atoms with Crippen LogP contribution < -0.4 is 5.73 Å². The van der Waals surface area contributed by atoms with E-state index in [4.69, 9.17) is 5.73 Å². The van der Waals surface area contributed by atoms with Crippen molar-refractivity contribution in [3.8, 4) is 0 Å². The molecule has 0 aliphatic carbocycles. The summed E-state index contributed by atoms with van der Waals surface area (Å²) in [5.74, 6) is 0.439. The van der Waals surface area contributed by atoms with Gasteiger partial charge in [-0.3, -0.25) is 4.79 Å². The summed E-state index contributed by atoms with van der Waals surface area (Å²) in [4.78, 5) is 14.8. The van der Waals surface area contributed by atoms with Crippen LogP contribution in [0.5, 0.6) is 0 Å². The maximum Gasteiger partial charge on any atom is 0.174 e. The van der Waals surface area contributed by atoms with Crippen LogP contribution in [0.2, 0.25) is 0 Å². The predicted molar refractivity (Wildman–Crippen MR) is 67.4 cm³/mol. The minimum atomic E-state index is 0. The van der Waals surface area contributed by atoms with Crippen molar-refractivity contribution in [2.75, 3.05) is 11.1 Å². The summed E-state index contributed by atoms with van der Waals surface area (Å²) in [5.41, 5.74) is 5.91. The third-order valence-electron chi connectivity index (χ3n) is 1.23. The van der Waals surface area contributed by atoms with Crippen molar-refractivity contribution in [1.82, 2.24) is 4.98 Å². The van der Waals surface area contributed by atoms with E-state index in [0.717, 1.165) is 0 Å². The summed E-state index contributed by atoms with van der Waals surface area (Å²) in [7, 11) is 0. The number of rotatable bonds is 2. The number of aromatic nitrogens is 1. The van der Waals surface area contributed by atoms with Crippen LogP contribution in [0, 0.1) is 0 Å². The van der Waals surface area contributed by atoms with Crippen molar-refractivity contribution in [2.24, 2.45) is 0 Å². The van der Waals surface area contributed by atoms with E-state index in [9.17, 15) is 4.79 Å². The SMILES string of the molecule is Br.Br.Nc1ccc(C(=O)CBr)cn1. The molecule has 0 unspecified atom stereocenters. The highest BCUT2D eigenvalue weighted by molar-refractivity contribution is 9.09. The van der Waals surface area contributed by atoms with E-state index in [1.807, 2.05) is 0 Å². The molecule has 0 amide bonds. The van der Waals surface area contributed by atoms with E-state index >= 15 is 0 Å². The smallest absolute Gasteiger partial charge is 0.174 e. The molecule has 1 heterocycles. The van der Waals surface area contributed by atoms with Gasteiger partial charge in [0.15, 0.2) is 5.78 Å². The van der Waals surface area contributed by atoms with E-state index in [-0.39, 0.29) is 39.7 Å². The molecule has 0 aromatic carbocycles. The largest absolute Gasteiger partial charge is 0.384 e. The topological polar surface area (TPSA) is 56.0 Å². The third-order valence-corrected chi connectivity index (χ3v) is 1.74. The number of Topliss-reactive ketones (excluding diaryl/α,β-unsaturated/α-hetero) is 1. The number of nitrogens with zero attached hydrogens (tertiary/aromatic N) is 1. The van der Waals surface area contributed by atoms with E-state index in [1.54, 1.807) is 12.1 Å². The maximum absolute atomic E-state index is 11.0. The molecule has 0 aliphatic rings. The van der Waals surface area contributed by atoms with Crippen LogP contribution in [0.25, 0.3) is 0 Å². The summed E-state index contributed by atoms with van der Waals surface area (Å²) in [6.07, 6.45) is 1.47. The first-order valence-corrected chi connectivity index (χ1v) is 4.17. The van der Waals surface area contributed by atoms with Crippen LogP contribution in [0.1, 0.15) is 10.4 Å². The molecule has 2 N–H and O–H groups in total. The predicted octanol–water partition coefficient (Wildman–Crippen LogP) is 2.40. The molecule has 1 rings (SSSR count). The van der Waals surface area contributed by atoms with Gasteiger partial charge < -0.3 is 5.73 Å². The molecule has 0 radical (unpaired) electrons. The number of halogens is 3. The second-order valence-corrected chi connectivity index (χ2v) is 2.59. The Morgan fingerprint density at radius 3 is 2.46 bits per heavy atom. The van der Waals surface area contributed by atoms with Gasteiger partial charge in [-0.05, 0) is 12.1 Å². The van der Waals surface area contributed by atoms with E-state index in [2.05, 4.69) is 20.9 Å². The molecule has 0 atom stereocenters. The number of nitrogens with two attached hydrogens (primary N) is 1. The van der Waals surface area contributed by atoms with Crippen molar-refractivity contribution in [2.45, 2.75) is 0 Å². The van der Waals surface area contributed by atoms with Crippen LogP contribution >= 0.6 is 49.9 Å². The van der Waals surface area contributed by atoms with Crippen molar-refractivity contribution in [3.05, 3.63) is 23.9 Å². The number of alkyl halides is 1. The van der Waals surface area contributed by atoms with Gasteiger partial charge >= 0.3 is 0 Å². The van der Waals surface area contributed by atoms with Crippen molar-refractivity contribution in [1.29, 1.82) is 0 Å². The summed E-state index contributed by atoms with van der Waals surface area (Å²) >= 11 is 3.06. The van der Waals surface area contributed by atoms with Crippen molar-refractivity contribution < 1.29 is 4.79 Å². The van der Waals surface area contributed by atoms with Crippen LogP contribution in [0.15, 0.2) is 18.3 Å². The standard InChI is InChI=1S/C7H7BrN2O.2BrH/c8-3-6(11)5-1-2-7(9)10-4-5;;/h1-2,4H,3H2,(H2,9,10);2*1H. The summed E-state index contributed by atoms with van der Waals surface area (Å²) in [6.45, 7) is 0. The lowest BCUT2D eigenvalue weighted by atomic mass is 10.2. The number of hydrogen-bond acceptors (Lipinski definition) is 3. The minimum Gasteiger partial charge on any atom is -0.384 e. The number of ketones is 1. The average molecular weight is 377 g/mol. The van der Waals surface area contributed by atoms with Gasteiger partial charge in [-0.25, -0.2) is 4.98 Å². The van der Waals surface area contributed by atoms with Crippen LogP contribution in [0.4, 0.5) is 5.82 Å². The Labute approximate surface area is 106 Å². The highest BCUT2D eigenvalue weighted by atomic mass is 79.9. The van der Waals surface area contributed by atoms with Gasteiger partial charge in [-0.15, -0.1) is 34.0 Å².